The molecular weight excluding hydrogens is 281 g/mol. The summed E-state index contributed by atoms with van der Waals surface area (Å²) in [6.45, 7) is 0.677. The van der Waals surface area contributed by atoms with Crippen molar-refractivity contribution in [3.63, 3.8) is 0 Å². The molecule has 0 fully saturated rings. The minimum atomic E-state index is 0.677. The van der Waals surface area contributed by atoms with Gasteiger partial charge in [-0.15, -0.1) is 5.10 Å². The Morgan fingerprint density at radius 1 is 1.46 bits per heavy atom. The topological polar surface area (TPSA) is 48.5 Å². The Labute approximate surface area is 88.9 Å². The van der Waals surface area contributed by atoms with Crippen molar-refractivity contribution in [2.45, 2.75) is 6.54 Å². The smallest absolute Gasteiger partial charge is 0.211 e. The van der Waals surface area contributed by atoms with Gasteiger partial charge in [0.1, 0.15) is 6.33 Å². The molecular formula is C7H8IN5. The lowest BCUT2D eigenvalue weighted by Gasteiger charge is -1.94. The lowest BCUT2D eigenvalue weighted by atomic mass is 10.4. The van der Waals surface area contributed by atoms with Gasteiger partial charge >= 0.3 is 0 Å². The molecule has 0 saturated heterocycles. The first-order valence-electron chi connectivity index (χ1n) is 3.77. The second-order valence-corrected chi connectivity index (χ2v) is 3.66. The van der Waals surface area contributed by atoms with Crippen molar-refractivity contribution < 1.29 is 0 Å². The summed E-state index contributed by atoms with van der Waals surface area (Å²) in [5.74, 6) is 0. The van der Waals surface area contributed by atoms with Crippen LogP contribution in [0.4, 0.5) is 0 Å². The van der Waals surface area contributed by atoms with Gasteiger partial charge in [-0.05, 0) is 6.07 Å². The van der Waals surface area contributed by atoms with Gasteiger partial charge in [0.05, 0.1) is 12.2 Å². The Balaban J connectivity index is 2.14. The molecule has 0 radical (unpaired) electrons. The number of hydrogen-bond acceptors (Lipinski definition) is 3. The van der Waals surface area contributed by atoms with E-state index in [0.717, 1.165) is 9.53 Å². The molecule has 0 bridgehead atoms. The highest BCUT2D eigenvalue weighted by atomic mass is 127. The quantitative estimate of drug-likeness (QED) is 0.763. The van der Waals surface area contributed by atoms with Crippen molar-refractivity contribution >= 4 is 22.6 Å². The Morgan fingerprint density at radius 3 is 2.85 bits per heavy atom. The fraction of sp³-hybridized carbons (Fsp3) is 0.286. The van der Waals surface area contributed by atoms with Gasteiger partial charge in [0.2, 0.25) is 3.83 Å². The molecule has 0 atom stereocenters. The van der Waals surface area contributed by atoms with Gasteiger partial charge < -0.3 is 0 Å². The number of hydrogen-bond donors (Lipinski definition) is 0. The summed E-state index contributed by atoms with van der Waals surface area (Å²) < 4.78 is 4.30. The first kappa shape index (κ1) is 8.67. The van der Waals surface area contributed by atoms with E-state index in [1.54, 1.807) is 15.7 Å². The Bertz CT molecular complexity index is 366. The van der Waals surface area contributed by atoms with Gasteiger partial charge in [0, 0.05) is 35.8 Å². The lowest BCUT2D eigenvalue weighted by molar-refractivity contribution is 0.645. The molecule has 0 aliphatic carbocycles. The molecule has 0 aliphatic heterocycles. The summed E-state index contributed by atoms with van der Waals surface area (Å²) in [5, 5.41) is 8.40. The van der Waals surface area contributed by atoms with Crippen molar-refractivity contribution in [3.8, 4) is 0 Å². The maximum atomic E-state index is 4.24. The van der Waals surface area contributed by atoms with E-state index in [1.165, 1.54) is 0 Å². The fourth-order valence-electron chi connectivity index (χ4n) is 1.06. The number of nitrogens with zero attached hydrogens (tertiary/aromatic N) is 5. The van der Waals surface area contributed by atoms with Gasteiger partial charge in [0.25, 0.3) is 0 Å². The standard InChI is InChI=1S/C7H8IN5/c1-12-3-2-6(10-12)4-13-5-9-7(8)11-13/h2-3,5H,4H2,1H3. The predicted molar refractivity (Wildman–Crippen MR) is 55.0 cm³/mol. The van der Waals surface area contributed by atoms with Crippen molar-refractivity contribution in [3.05, 3.63) is 28.1 Å². The summed E-state index contributed by atoms with van der Waals surface area (Å²) in [4.78, 5) is 4.02. The molecule has 0 aliphatic rings. The molecule has 0 N–H and O–H groups in total. The third-order valence-electron chi connectivity index (χ3n) is 1.60. The van der Waals surface area contributed by atoms with E-state index in [9.17, 15) is 0 Å². The van der Waals surface area contributed by atoms with Crippen molar-refractivity contribution in [1.82, 2.24) is 24.5 Å². The summed E-state index contributed by atoms with van der Waals surface area (Å²) in [5.41, 5.74) is 0.990. The van der Waals surface area contributed by atoms with Gasteiger partial charge in [-0.3, -0.25) is 4.68 Å². The van der Waals surface area contributed by atoms with Gasteiger partial charge in [0.15, 0.2) is 0 Å². The molecule has 0 aromatic carbocycles. The van der Waals surface area contributed by atoms with Crippen molar-refractivity contribution in [1.29, 1.82) is 0 Å². The summed E-state index contributed by atoms with van der Waals surface area (Å²) in [6.07, 6.45) is 3.62. The average molecular weight is 289 g/mol. The molecule has 0 spiro atoms. The highest BCUT2D eigenvalue weighted by Crippen LogP contribution is 1.99. The molecule has 2 heterocycles. The van der Waals surface area contributed by atoms with E-state index < -0.39 is 0 Å². The van der Waals surface area contributed by atoms with Crippen LogP contribution in [-0.4, -0.2) is 24.5 Å². The van der Waals surface area contributed by atoms with Crippen LogP contribution in [0.15, 0.2) is 18.6 Å². The second-order valence-electron chi connectivity index (χ2n) is 2.69. The molecule has 0 unspecified atom stereocenters. The molecule has 6 heteroatoms. The molecule has 13 heavy (non-hydrogen) atoms. The minimum Gasteiger partial charge on any atom is -0.275 e. The fourth-order valence-corrected chi connectivity index (χ4v) is 1.46. The number of aromatic nitrogens is 5. The van der Waals surface area contributed by atoms with Crippen LogP contribution in [0.3, 0.4) is 0 Å². The van der Waals surface area contributed by atoms with Gasteiger partial charge in [-0.1, -0.05) is 0 Å². The van der Waals surface area contributed by atoms with Crippen LogP contribution in [0.5, 0.6) is 0 Å². The summed E-state index contributed by atoms with van der Waals surface area (Å²) in [7, 11) is 1.90. The number of halogens is 1. The zero-order valence-electron chi connectivity index (χ0n) is 7.05. The third-order valence-corrected chi connectivity index (χ3v) is 2.10. The normalized spacial score (nSPS) is 10.6. The van der Waals surface area contributed by atoms with Crippen LogP contribution in [0, 0.1) is 3.83 Å². The summed E-state index contributed by atoms with van der Waals surface area (Å²) >= 11 is 2.08. The predicted octanol–water partition coefficient (Wildman–Crippen LogP) is 0.664. The monoisotopic (exact) mass is 289 g/mol. The highest BCUT2D eigenvalue weighted by molar-refractivity contribution is 14.1. The third kappa shape index (κ3) is 2.06. The average Bonchev–Trinajstić information content (AvgIpc) is 2.62. The zero-order valence-corrected chi connectivity index (χ0v) is 9.21. The molecule has 2 rings (SSSR count). The van der Waals surface area contributed by atoms with E-state index in [2.05, 4.69) is 37.8 Å². The first-order valence-corrected chi connectivity index (χ1v) is 4.85. The minimum absolute atomic E-state index is 0.677. The van der Waals surface area contributed by atoms with Crippen LogP contribution >= 0.6 is 22.6 Å². The van der Waals surface area contributed by atoms with E-state index >= 15 is 0 Å². The maximum absolute atomic E-state index is 4.24. The molecule has 0 amide bonds. The van der Waals surface area contributed by atoms with E-state index in [0.29, 0.717) is 6.54 Å². The largest absolute Gasteiger partial charge is 0.275 e. The van der Waals surface area contributed by atoms with Gasteiger partial charge in [-0.2, -0.15) is 5.10 Å². The van der Waals surface area contributed by atoms with E-state index in [4.69, 9.17) is 0 Å². The van der Waals surface area contributed by atoms with Gasteiger partial charge in [-0.25, -0.2) is 9.67 Å². The van der Waals surface area contributed by atoms with E-state index in [-0.39, 0.29) is 0 Å². The van der Waals surface area contributed by atoms with Crippen LogP contribution < -0.4 is 0 Å². The Hall–Kier alpha value is -0.920. The van der Waals surface area contributed by atoms with Crippen molar-refractivity contribution in [2.75, 3.05) is 0 Å². The summed E-state index contributed by atoms with van der Waals surface area (Å²) in [6, 6.07) is 1.97. The molecule has 68 valence electrons. The lowest BCUT2D eigenvalue weighted by Crippen LogP contribution is -2.01. The molecule has 0 saturated carbocycles. The van der Waals surface area contributed by atoms with Crippen LogP contribution in [-0.2, 0) is 13.6 Å². The van der Waals surface area contributed by atoms with Crippen LogP contribution in [0.1, 0.15) is 5.69 Å². The second kappa shape index (κ2) is 3.44. The molecule has 2 aromatic rings. The number of aryl methyl sites for hydroxylation is 1. The zero-order chi connectivity index (χ0) is 9.26. The Kier molecular flexibility index (Phi) is 2.30. The number of rotatable bonds is 2. The van der Waals surface area contributed by atoms with Crippen molar-refractivity contribution in [2.24, 2.45) is 7.05 Å². The maximum Gasteiger partial charge on any atom is 0.211 e. The SMILES string of the molecule is Cn1ccc(Cn2cnc(I)n2)n1. The van der Waals surface area contributed by atoms with Crippen LogP contribution in [0.2, 0.25) is 0 Å². The van der Waals surface area contributed by atoms with Crippen LogP contribution in [0.25, 0.3) is 0 Å². The highest BCUT2D eigenvalue weighted by Gasteiger charge is 2.00. The van der Waals surface area contributed by atoms with E-state index in [1.807, 2.05) is 19.3 Å². The molecule has 5 nitrogen and oxygen atoms in total. The first-order chi connectivity index (χ1) is 6.24. The molecule has 2 aromatic heterocycles. The Morgan fingerprint density at radius 2 is 2.31 bits per heavy atom.